The Morgan fingerprint density at radius 1 is 1.09 bits per heavy atom. The van der Waals surface area contributed by atoms with Gasteiger partial charge in [0.05, 0.1) is 5.56 Å². The number of benzene rings is 2. The van der Waals surface area contributed by atoms with Gasteiger partial charge < -0.3 is 10.2 Å². The molecule has 0 heterocycles. The molecule has 1 N–H and O–H groups in total. The van der Waals surface area contributed by atoms with Crippen LogP contribution < -0.4 is 10.2 Å². The number of hydrogen-bond donors (Lipinski definition) is 1. The Bertz CT molecular complexity index is 931. The Morgan fingerprint density at radius 3 is 2.31 bits per heavy atom. The van der Waals surface area contributed by atoms with Crippen LogP contribution in [0.5, 0.6) is 0 Å². The molecule has 4 nitrogen and oxygen atoms in total. The van der Waals surface area contributed by atoms with E-state index in [0.29, 0.717) is 12.8 Å². The molecule has 174 valence electrons. The Labute approximate surface area is 189 Å². The lowest BCUT2D eigenvalue weighted by Crippen LogP contribution is -2.34. The minimum Gasteiger partial charge on any atom is -0.352 e. The van der Waals surface area contributed by atoms with Gasteiger partial charge in [-0.3, -0.25) is 9.59 Å². The van der Waals surface area contributed by atoms with Gasteiger partial charge in [0, 0.05) is 24.3 Å². The largest absolute Gasteiger partial charge is 0.416 e. The fourth-order valence-corrected chi connectivity index (χ4v) is 3.14. The minimum absolute atomic E-state index is 0.0326. The minimum atomic E-state index is -4.70. The summed E-state index contributed by atoms with van der Waals surface area (Å²) >= 11 is 5.66. The summed E-state index contributed by atoms with van der Waals surface area (Å²) in [5, 5.41) is 2.57. The van der Waals surface area contributed by atoms with E-state index in [2.05, 4.69) is 5.32 Å². The van der Waals surface area contributed by atoms with Gasteiger partial charge in [0.15, 0.2) is 0 Å². The standard InChI is InChI=1S/C23H25ClF4N2O2/c1-15(2)8-10-30(21(31)14-24)20-12-17(11-18(13-20)23(26,27)28)22(32)29-9-7-16-3-5-19(25)6-4-16/h3-6,11-13,15H,7-10,14H2,1-2H3,(H,29,32). The van der Waals surface area contributed by atoms with Crippen LogP contribution in [-0.2, 0) is 17.4 Å². The highest BCUT2D eigenvalue weighted by Crippen LogP contribution is 2.33. The van der Waals surface area contributed by atoms with Crippen LogP contribution in [0.4, 0.5) is 23.2 Å². The molecule has 0 radical (unpaired) electrons. The number of nitrogens with zero attached hydrogens (tertiary/aromatic N) is 1. The van der Waals surface area contributed by atoms with Crippen LogP contribution in [0.1, 0.15) is 41.8 Å². The molecule has 32 heavy (non-hydrogen) atoms. The van der Waals surface area contributed by atoms with Crippen LogP contribution in [0.3, 0.4) is 0 Å². The van der Waals surface area contributed by atoms with Crippen molar-refractivity contribution in [3.8, 4) is 0 Å². The van der Waals surface area contributed by atoms with Gasteiger partial charge in [-0.2, -0.15) is 13.2 Å². The zero-order chi connectivity index (χ0) is 23.9. The molecule has 0 atom stereocenters. The molecule has 0 saturated heterocycles. The summed E-state index contributed by atoms with van der Waals surface area (Å²) in [4.78, 5) is 26.1. The average molecular weight is 473 g/mol. The van der Waals surface area contributed by atoms with E-state index in [1.165, 1.54) is 23.1 Å². The van der Waals surface area contributed by atoms with Crippen molar-refractivity contribution in [3.05, 3.63) is 65.0 Å². The predicted molar refractivity (Wildman–Crippen MR) is 116 cm³/mol. The second-order valence-corrected chi connectivity index (χ2v) is 8.03. The van der Waals surface area contributed by atoms with Crippen molar-refractivity contribution in [2.75, 3.05) is 23.9 Å². The van der Waals surface area contributed by atoms with E-state index in [9.17, 15) is 27.2 Å². The van der Waals surface area contributed by atoms with Gasteiger partial charge in [-0.1, -0.05) is 26.0 Å². The van der Waals surface area contributed by atoms with E-state index < -0.39 is 29.4 Å². The maximum absolute atomic E-state index is 13.5. The zero-order valence-electron chi connectivity index (χ0n) is 17.8. The maximum atomic E-state index is 13.5. The summed E-state index contributed by atoms with van der Waals surface area (Å²) in [6.07, 6.45) is -3.77. The highest BCUT2D eigenvalue weighted by Gasteiger charge is 2.33. The monoisotopic (exact) mass is 472 g/mol. The Hall–Kier alpha value is -2.61. The van der Waals surface area contributed by atoms with Crippen molar-refractivity contribution >= 4 is 29.1 Å². The highest BCUT2D eigenvalue weighted by molar-refractivity contribution is 6.29. The first-order valence-corrected chi connectivity index (χ1v) is 10.7. The summed E-state index contributed by atoms with van der Waals surface area (Å²) in [5.41, 5.74) is -0.514. The number of alkyl halides is 4. The van der Waals surface area contributed by atoms with E-state index in [1.807, 2.05) is 13.8 Å². The van der Waals surface area contributed by atoms with Crippen molar-refractivity contribution in [2.24, 2.45) is 5.92 Å². The summed E-state index contributed by atoms with van der Waals surface area (Å²) < 4.78 is 53.4. The summed E-state index contributed by atoms with van der Waals surface area (Å²) in [7, 11) is 0. The van der Waals surface area contributed by atoms with Gasteiger partial charge in [-0.15, -0.1) is 11.6 Å². The SMILES string of the molecule is CC(C)CCN(C(=O)CCl)c1cc(C(=O)NCCc2ccc(F)cc2)cc(C(F)(F)F)c1. The second kappa shape index (κ2) is 11.3. The molecule has 2 amide bonds. The van der Waals surface area contributed by atoms with Crippen molar-refractivity contribution in [3.63, 3.8) is 0 Å². The highest BCUT2D eigenvalue weighted by atomic mass is 35.5. The molecule has 2 aromatic carbocycles. The van der Waals surface area contributed by atoms with Crippen molar-refractivity contribution < 1.29 is 27.2 Å². The molecular formula is C23H25ClF4N2O2. The van der Waals surface area contributed by atoms with Crippen molar-refractivity contribution in [1.82, 2.24) is 5.32 Å². The molecule has 0 fully saturated rings. The Kier molecular flexibility index (Phi) is 9.07. The smallest absolute Gasteiger partial charge is 0.352 e. The molecular weight excluding hydrogens is 448 g/mol. The lowest BCUT2D eigenvalue weighted by Gasteiger charge is -2.24. The third-order valence-corrected chi connectivity index (χ3v) is 5.01. The molecule has 0 aromatic heterocycles. The molecule has 0 aliphatic carbocycles. The van der Waals surface area contributed by atoms with Gasteiger partial charge in [-0.25, -0.2) is 4.39 Å². The molecule has 2 rings (SSSR count). The molecule has 9 heteroatoms. The summed E-state index contributed by atoms with van der Waals surface area (Å²) in [5.74, 6) is -1.83. The quantitative estimate of drug-likeness (QED) is 0.390. The van der Waals surface area contributed by atoms with Gasteiger partial charge in [-0.05, 0) is 54.7 Å². The second-order valence-electron chi connectivity index (χ2n) is 7.76. The number of carbonyl (C=O) groups is 2. The fraction of sp³-hybridized carbons (Fsp3) is 0.391. The van der Waals surface area contributed by atoms with Gasteiger partial charge >= 0.3 is 6.18 Å². The number of halogens is 5. The first kappa shape index (κ1) is 25.6. The number of amides is 2. The average Bonchev–Trinajstić information content (AvgIpc) is 2.74. The topological polar surface area (TPSA) is 49.4 Å². The summed E-state index contributed by atoms with van der Waals surface area (Å²) in [6.45, 7) is 4.18. The van der Waals surface area contributed by atoms with Crippen LogP contribution in [-0.4, -0.2) is 30.8 Å². The lowest BCUT2D eigenvalue weighted by molar-refractivity contribution is -0.137. The molecule has 0 bridgehead atoms. The van der Waals surface area contributed by atoms with Gasteiger partial charge in [0.25, 0.3) is 5.91 Å². The van der Waals surface area contributed by atoms with Crippen LogP contribution in [0, 0.1) is 11.7 Å². The first-order valence-electron chi connectivity index (χ1n) is 10.1. The number of anilines is 1. The number of carbonyl (C=O) groups excluding carboxylic acids is 2. The number of nitrogens with one attached hydrogen (secondary N) is 1. The van der Waals surface area contributed by atoms with Gasteiger partial charge in [0.1, 0.15) is 11.7 Å². The summed E-state index contributed by atoms with van der Waals surface area (Å²) in [6, 6.07) is 8.56. The lowest BCUT2D eigenvalue weighted by atomic mass is 10.1. The zero-order valence-corrected chi connectivity index (χ0v) is 18.6. The third-order valence-electron chi connectivity index (χ3n) is 4.78. The molecule has 0 aliphatic heterocycles. The number of rotatable bonds is 9. The molecule has 0 aliphatic rings. The van der Waals surface area contributed by atoms with Crippen LogP contribution >= 0.6 is 11.6 Å². The first-order chi connectivity index (χ1) is 15.0. The van der Waals surface area contributed by atoms with E-state index in [-0.39, 0.29) is 36.1 Å². The molecule has 0 spiro atoms. The van der Waals surface area contributed by atoms with E-state index in [4.69, 9.17) is 11.6 Å². The van der Waals surface area contributed by atoms with E-state index in [0.717, 1.165) is 17.7 Å². The van der Waals surface area contributed by atoms with Crippen LogP contribution in [0.15, 0.2) is 42.5 Å². The van der Waals surface area contributed by atoms with Crippen LogP contribution in [0.2, 0.25) is 0 Å². The van der Waals surface area contributed by atoms with E-state index >= 15 is 0 Å². The predicted octanol–water partition coefficient (Wildman–Crippen LogP) is 5.43. The maximum Gasteiger partial charge on any atom is 0.416 e. The molecule has 0 unspecified atom stereocenters. The van der Waals surface area contributed by atoms with E-state index in [1.54, 1.807) is 12.1 Å². The normalized spacial score (nSPS) is 11.5. The Balaban J connectivity index is 2.27. The fourth-order valence-electron chi connectivity index (χ4n) is 2.99. The Morgan fingerprint density at radius 2 is 1.75 bits per heavy atom. The third kappa shape index (κ3) is 7.51. The number of hydrogen-bond acceptors (Lipinski definition) is 2. The van der Waals surface area contributed by atoms with Crippen molar-refractivity contribution in [2.45, 2.75) is 32.9 Å². The van der Waals surface area contributed by atoms with Gasteiger partial charge in [0.2, 0.25) is 5.91 Å². The molecule has 2 aromatic rings. The molecule has 0 saturated carbocycles. The van der Waals surface area contributed by atoms with Crippen LogP contribution in [0.25, 0.3) is 0 Å². The van der Waals surface area contributed by atoms with Crippen molar-refractivity contribution in [1.29, 1.82) is 0 Å².